The molecule has 3 aromatic rings. The summed E-state index contributed by atoms with van der Waals surface area (Å²) < 4.78 is 7.36. The Bertz CT molecular complexity index is 1540. The minimum absolute atomic E-state index is 0.248. The predicted molar refractivity (Wildman–Crippen MR) is 211 cm³/mol. The number of amides is 1. The molecule has 3 saturated heterocycles. The lowest BCUT2D eigenvalue weighted by Gasteiger charge is -2.56. The van der Waals surface area contributed by atoms with Crippen molar-refractivity contribution in [3.8, 4) is 0 Å². The normalized spacial score (nSPS) is 17.2. The SMILES string of the molecule is C=C(Nc1cc(/C(=C\CC)NC(C)C2CN(C(=O)CC)C2)sc1C)c1cnn2ccc(N3CC4(COC4)C3)cc12.CC.CC.CC(C)(C)C. The van der Waals surface area contributed by atoms with E-state index < -0.39 is 0 Å². The van der Waals surface area contributed by atoms with Crippen molar-refractivity contribution in [2.75, 3.05) is 49.6 Å². The topological polar surface area (TPSA) is 74.1 Å². The molecule has 6 rings (SSSR count). The van der Waals surface area contributed by atoms with Gasteiger partial charge in [0.25, 0.3) is 0 Å². The van der Waals surface area contributed by atoms with Crippen LogP contribution < -0.4 is 15.5 Å². The first-order valence-corrected chi connectivity index (χ1v) is 19.2. The summed E-state index contributed by atoms with van der Waals surface area (Å²) in [6, 6.07) is 6.87. The molecule has 3 aliphatic rings. The highest BCUT2D eigenvalue weighted by Gasteiger charge is 2.49. The number of thiophene rings is 1. The van der Waals surface area contributed by atoms with Crippen molar-refractivity contribution in [2.45, 2.75) is 102 Å². The van der Waals surface area contributed by atoms with Crippen LogP contribution in [0.3, 0.4) is 0 Å². The van der Waals surface area contributed by atoms with E-state index >= 15 is 0 Å². The van der Waals surface area contributed by atoms with Gasteiger partial charge in [0.15, 0.2) is 0 Å². The monoisotopic (exact) mass is 692 g/mol. The molecular weight excluding hydrogens is 629 g/mol. The minimum atomic E-state index is 0.248. The Morgan fingerprint density at radius 1 is 1.14 bits per heavy atom. The minimum Gasteiger partial charge on any atom is -0.381 e. The molecule has 1 spiro atoms. The molecular formula is C40H64N6O2S. The van der Waals surface area contributed by atoms with Crippen molar-refractivity contribution in [3.63, 3.8) is 0 Å². The molecule has 0 aliphatic carbocycles. The Balaban J connectivity index is 0.000000655. The number of likely N-dealkylation sites (tertiary alicyclic amines) is 1. The van der Waals surface area contributed by atoms with E-state index in [0.717, 1.165) is 74.0 Å². The van der Waals surface area contributed by atoms with E-state index in [1.165, 1.54) is 15.4 Å². The maximum atomic E-state index is 12.0. The lowest BCUT2D eigenvalue weighted by atomic mass is 9.78. The Labute approximate surface area is 301 Å². The maximum absolute atomic E-state index is 12.0. The molecule has 1 unspecified atom stereocenters. The van der Waals surface area contributed by atoms with Gasteiger partial charge in [0, 0.05) is 78.3 Å². The van der Waals surface area contributed by atoms with Gasteiger partial charge in [0.1, 0.15) is 0 Å². The van der Waals surface area contributed by atoms with E-state index in [9.17, 15) is 4.79 Å². The van der Waals surface area contributed by atoms with Crippen molar-refractivity contribution < 1.29 is 9.53 Å². The van der Waals surface area contributed by atoms with Crippen molar-refractivity contribution in [3.05, 3.63) is 58.6 Å². The summed E-state index contributed by atoms with van der Waals surface area (Å²) in [5, 5.41) is 11.9. The van der Waals surface area contributed by atoms with Crippen LogP contribution in [-0.4, -0.2) is 65.9 Å². The number of nitrogens with zero attached hydrogens (tertiary/aromatic N) is 4. The first-order chi connectivity index (χ1) is 23.3. The number of aromatic nitrogens is 2. The van der Waals surface area contributed by atoms with Gasteiger partial charge in [-0.3, -0.25) is 4.79 Å². The average molecular weight is 693 g/mol. The zero-order valence-corrected chi connectivity index (χ0v) is 33.3. The van der Waals surface area contributed by atoms with Crippen LogP contribution >= 0.6 is 11.3 Å². The zero-order valence-electron chi connectivity index (χ0n) is 32.5. The van der Waals surface area contributed by atoms with Gasteiger partial charge < -0.3 is 25.2 Å². The van der Waals surface area contributed by atoms with E-state index in [1.807, 2.05) is 56.4 Å². The second-order valence-electron chi connectivity index (χ2n) is 14.7. The van der Waals surface area contributed by atoms with E-state index in [4.69, 9.17) is 4.74 Å². The number of fused-ring (bicyclic) bond motifs is 1. The van der Waals surface area contributed by atoms with Gasteiger partial charge >= 0.3 is 0 Å². The second kappa shape index (κ2) is 17.6. The highest BCUT2D eigenvalue weighted by Crippen LogP contribution is 2.41. The van der Waals surface area contributed by atoms with Crippen LogP contribution in [0.1, 0.15) is 104 Å². The predicted octanol–water partition coefficient (Wildman–Crippen LogP) is 9.33. The molecule has 0 bridgehead atoms. The van der Waals surface area contributed by atoms with Gasteiger partial charge in [-0.15, -0.1) is 11.3 Å². The molecule has 2 N–H and O–H groups in total. The summed E-state index contributed by atoms with van der Waals surface area (Å²) >= 11 is 1.78. The first kappa shape index (κ1) is 40.1. The van der Waals surface area contributed by atoms with Crippen LogP contribution in [-0.2, 0) is 9.53 Å². The van der Waals surface area contributed by atoms with Crippen LogP contribution in [0.15, 0.2) is 43.2 Å². The number of carbonyl (C=O) groups excluding carboxylic acids is 1. The number of hydrogen-bond donors (Lipinski definition) is 2. The largest absolute Gasteiger partial charge is 0.381 e. The molecule has 6 heterocycles. The molecule has 49 heavy (non-hydrogen) atoms. The van der Waals surface area contributed by atoms with Crippen molar-refractivity contribution in [1.29, 1.82) is 0 Å². The number of ether oxygens (including phenoxy) is 1. The van der Waals surface area contributed by atoms with Crippen molar-refractivity contribution in [1.82, 2.24) is 19.8 Å². The summed E-state index contributed by atoms with van der Waals surface area (Å²) in [7, 11) is 0. The standard InChI is InChI=1S/C31H40N6O2S.C5H12.2C2H6/c1-6-8-26(33-20(3)23-14-35(15-23)30(38)7-2)29-12-27(22(5)40-29)34-21(4)25-13-32-37-10-9-24(11-28(25)37)36-16-31(17-36)18-39-19-31;1-5(2,3)4;2*1-2/h8-13,20,23,33-34H,4,6-7,14-19H2,1-3,5H3;1-4H3;2*1-2H3/b26-8+;;;. The molecule has 0 aromatic carbocycles. The number of rotatable bonds is 10. The fraction of sp³-hybridized carbons (Fsp3) is 0.600. The third kappa shape index (κ3) is 10.1. The van der Waals surface area contributed by atoms with Gasteiger partial charge in [-0.25, -0.2) is 4.52 Å². The summed E-state index contributed by atoms with van der Waals surface area (Å²) in [5.74, 6) is 0.719. The molecule has 8 nitrogen and oxygen atoms in total. The number of aryl methyl sites for hydroxylation is 1. The quantitative estimate of drug-likeness (QED) is 0.221. The number of allylic oxidation sites excluding steroid dienone is 1. The fourth-order valence-corrected chi connectivity index (χ4v) is 6.92. The zero-order chi connectivity index (χ0) is 36.5. The van der Waals surface area contributed by atoms with Gasteiger partial charge in [0.2, 0.25) is 5.91 Å². The van der Waals surface area contributed by atoms with E-state index in [1.54, 1.807) is 11.3 Å². The molecule has 0 saturated carbocycles. The molecule has 3 fully saturated rings. The molecule has 3 aliphatic heterocycles. The fourth-order valence-electron chi connectivity index (χ4n) is 5.94. The van der Waals surface area contributed by atoms with Crippen LogP contribution in [0.25, 0.3) is 16.9 Å². The molecule has 9 heteroatoms. The third-order valence-corrected chi connectivity index (χ3v) is 9.68. The van der Waals surface area contributed by atoms with Crippen molar-refractivity contribution >= 4 is 45.5 Å². The lowest BCUT2D eigenvalue weighted by molar-refractivity contribution is -0.137. The Morgan fingerprint density at radius 3 is 2.33 bits per heavy atom. The Kier molecular flexibility index (Phi) is 14.4. The van der Waals surface area contributed by atoms with E-state index in [0.29, 0.717) is 29.2 Å². The number of anilines is 2. The van der Waals surface area contributed by atoms with E-state index in [-0.39, 0.29) is 5.91 Å². The smallest absolute Gasteiger partial charge is 0.222 e. The third-order valence-electron chi connectivity index (χ3n) is 8.60. The van der Waals surface area contributed by atoms with Crippen LogP contribution in [0.4, 0.5) is 11.4 Å². The van der Waals surface area contributed by atoms with Gasteiger partial charge in [0.05, 0.1) is 40.9 Å². The maximum Gasteiger partial charge on any atom is 0.222 e. The Hall–Kier alpha value is -3.30. The summed E-state index contributed by atoms with van der Waals surface area (Å²) in [6.45, 7) is 35.2. The number of carbonyl (C=O) groups is 1. The summed E-state index contributed by atoms with van der Waals surface area (Å²) in [6.07, 6.45) is 7.71. The second-order valence-corrected chi connectivity index (χ2v) is 15.9. The number of pyridine rings is 1. The highest BCUT2D eigenvalue weighted by atomic mass is 32.1. The van der Waals surface area contributed by atoms with Crippen molar-refractivity contribution in [2.24, 2.45) is 16.7 Å². The van der Waals surface area contributed by atoms with Gasteiger partial charge in [-0.1, -0.05) is 81.9 Å². The summed E-state index contributed by atoms with van der Waals surface area (Å²) in [4.78, 5) is 18.8. The van der Waals surface area contributed by atoms with E-state index in [2.05, 4.69) is 100.0 Å². The molecule has 272 valence electrons. The molecule has 3 aromatic heterocycles. The Morgan fingerprint density at radius 2 is 1.78 bits per heavy atom. The van der Waals surface area contributed by atoms with Crippen LogP contribution in [0, 0.1) is 23.7 Å². The average Bonchev–Trinajstić information content (AvgIpc) is 3.59. The highest BCUT2D eigenvalue weighted by molar-refractivity contribution is 7.13. The lowest BCUT2D eigenvalue weighted by Crippen LogP contribution is -2.66. The molecule has 0 radical (unpaired) electrons. The first-order valence-electron chi connectivity index (χ1n) is 18.4. The van der Waals surface area contributed by atoms with Crippen LogP contribution in [0.5, 0.6) is 0 Å². The number of hydrogen-bond acceptors (Lipinski definition) is 7. The molecule has 1 atom stereocenters. The van der Waals surface area contributed by atoms with Crippen LogP contribution in [0.2, 0.25) is 0 Å². The number of nitrogens with one attached hydrogen (secondary N) is 2. The van der Waals surface area contributed by atoms with Gasteiger partial charge in [-0.2, -0.15) is 5.10 Å². The molecule has 1 amide bonds. The van der Waals surface area contributed by atoms with Gasteiger partial charge in [-0.05, 0) is 43.9 Å². The summed E-state index contributed by atoms with van der Waals surface area (Å²) in [5.41, 5.74) is 7.21.